The van der Waals surface area contributed by atoms with E-state index in [-0.39, 0.29) is 18.2 Å². The zero-order valence-electron chi connectivity index (χ0n) is 16.3. The van der Waals surface area contributed by atoms with Crippen LogP contribution < -0.4 is 11.2 Å². The molecule has 1 aromatic carbocycles. The lowest BCUT2D eigenvalue weighted by atomic mass is 9.94. The first-order valence-corrected chi connectivity index (χ1v) is 9.44. The Bertz CT molecular complexity index is 1210. The Hall–Kier alpha value is -3.26. The van der Waals surface area contributed by atoms with E-state index in [2.05, 4.69) is 4.98 Å². The van der Waals surface area contributed by atoms with Crippen molar-refractivity contribution in [2.75, 3.05) is 13.1 Å². The van der Waals surface area contributed by atoms with Crippen LogP contribution in [-0.4, -0.2) is 49.2 Å². The maximum absolute atomic E-state index is 12.9. The normalized spacial score (nSPS) is 19.1. The first-order valence-electron chi connectivity index (χ1n) is 9.44. The van der Waals surface area contributed by atoms with Gasteiger partial charge in [0.15, 0.2) is 0 Å². The number of β-amino-alcohol motifs (C(OH)–C–C–N with tert-alkyl or cyclic N) is 1. The maximum Gasteiger partial charge on any atom is 0.331 e. The third-order valence-electron chi connectivity index (χ3n) is 5.66. The number of hydrogen-bond acceptors (Lipinski definition) is 5. The van der Waals surface area contributed by atoms with Crippen molar-refractivity contribution in [2.45, 2.75) is 12.5 Å². The molecule has 2 atom stereocenters. The lowest BCUT2D eigenvalue weighted by Gasteiger charge is -2.18. The molecule has 3 heterocycles. The van der Waals surface area contributed by atoms with Gasteiger partial charge in [-0.2, -0.15) is 0 Å². The minimum atomic E-state index is -0.686. The molecule has 1 N–H and O–H groups in total. The first kappa shape index (κ1) is 19.1. The van der Waals surface area contributed by atoms with Crippen LogP contribution in [0.3, 0.4) is 0 Å². The van der Waals surface area contributed by atoms with Crippen LogP contribution >= 0.6 is 0 Å². The summed E-state index contributed by atoms with van der Waals surface area (Å²) in [5.74, 6) is -0.572. The fourth-order valence-corrected chi connectivity index (χ4v) is 3.94. The van der Waals surface area contributed by atoms with Crippen LogP contribution in [0.5, 0.6) is 0 Å². The molecule has 1 fully saturated rings. The van der Waals surface area contributed by atoms with Gasteiger partial charge in [0, 0.05) is 50.8 Å². The Kier molecular flexibility index (Phi) is 4.79. The van der Waals surface area contributed by atoms with Gasteiger partial charge in [-0.1, -0.05) is 18.2 Å². The number of benzene rings is 1. The molecule has 29 heavy (non-hydrogen) atoms. The SMILES string of the molecule is Cn1c(C(=O)N2C[C@@H](Cc3ccnc4ccccc34)[C@@H](O)C2)cc(=O)n(C)c1=O. The summed E-state index contributed by atoms with van der Waals surface area (Å²) in [7, 11) is 2.83. The van der Waals surface area contributed by atoms with Gasteiger partial charge in [-0.25, -0.2) is 4.79 Å². The van der Waals surface area contributed by atoms with Crippen molar-refractivity contribution in [1.29, 1.82) is 0 Å². The van der Waals surface area contributed by atoms with Crippen LogP contribution in [0.15, 0.2) is 52.2 Å². The number of aliphatic hydroxyl groups excluding tert-OH is 1. The standard InChI is InChI=1S/C21H22N4O4/c1-23-17(10-19(27)24(2)21(23)29)20(28)25-11-14(18(26)12-25)9-13-7-8-22-16-6-4-3-5-15(13)16/h3-8,10,14,18,26H,9,11-12H2,1-2H3/t14-,18+/m1/s1. The summed E-state index contributed by atoms with van der Waals surface area (Å²) in [4.78, 5) is 42.9. The van der Waals surface area contributed by atoms with Crippen molar-refractivity contribution < 1.29 is 9.90 Å². The predicted octanol–water partition coefficient (Wildman–Crippen LogP) is 0.308. The van der Waals surface area contributed by atoms with E-state index >= 15 is 0 Å². The van der Waals surface area contributed by atoms with Gasteiger partial charge in [0.25, 0.3) is 11.5 Å². The van der Waals surface area contributed by atoms with Gasteiger partial charge in [-0.3, -0.25) is 23.7 Å². The van der Waals surface area contributed by atoms with E-state index < -0.39 is 23.3 Å². The fraction of sp³-hybridized carbons (Fsp3) is 0.333. The third-order valence-corrected chi connectivity index (χ3v) is 5.66. The van der Waals surface area contributed by atoms with Crippen LogP contribution in [0.2, 0.25) is 0 Å². The molecular weight excluding hydrogens is 372 g/mol. The van der Waals surface area contributed by atoms with Crippen LogP contribution in [0.4, 0.5) is 0 Å². The summed E-state index contributed by atoms with van der Waals surface area (Å²) in [6.07, 6.45) is 1.66. The number of pyridine rings is 1. The quantitative estimate of drug-likeness (QED) is 0.690. The molecular formula is C21H22N4O4. The zero-order valence-corrected chi connectivity index (χ0v) is 16.3. The predicted molar refractivity (Wildman–Crippen MR) is 108 cm³/mol. The number of likely N-dealkylation sites (tertiary alicyclic amines) is 1. The highest BCUT2D eigenvalue weighted by Crippen LogP contribution is 2.26. The number of amides is 1. The second-order valence-corrected chi connectivity index (χ2v) is 7.50. The highest BCUT2D eigenvalue weighted by atomic mass is 16.3. The third kappa shape index (κ3) is 3.36. The van der Waals surface area contributed by atoms with Crippen molar-refractivity contribution in [3.63, 3.8) is 0 Å². The molecule has 0 aliphatic carbocycles. The molecule has 1 saturated heterocycles. The minimum absolute atomic E-state index is 0.0281. The number of nitrogens with zero attached hydrogens (tertiary/aromatic N) is 4. The van der Waals surface area contributed by atoms with Gasteiger partial charge in [0.05, 0.1) is 11.6 Å². The Morgan fingerprint density at radius 1 is 1.14 bits per heavy atom. The Morgan fingerprint density at radius 2 is 1.90 bits per heavy atom. The van der Waals surface area contributed by atoms with Gasteiger partial charge in [-0.05, 0) is 24.1 Å². The van der Waals surface area contributed by atoms with E-state index in [1.54, 1.807) is 6.20 Å². The number of aromatic nitrogens is 3. The monoisotopic (exact) mass is 394 g/mol. The number of carbonyl (C=O) groups is 1. The average Bonchev–Trinajstić information content (AvgIpc) is 3.09. The lowest BCUT2D eigenvalue weighted by molar-refractivity contribution is 0.0753. The molecule has 150 valence electrons. The Labute approximate surface area is 166 Å². The molecule has 4 rings (SSSR count). The van der Waals surface area contributed by atoms with Gasteiger partial charge < -0.3 is 10.0 Å². The van der Waals surface area contributed by atoms with E-state index in [9.17, 15) is 19.5 Å². The molecule has 0 saturated carbocycles. The number of fused-ring (bicyclic) bond motifs is 1. The van der Waals surface area contributed by atoms with Gasteiger partial charge in [-0.15, -0.1) is 0 Å². The van der Waals surface area contributed by atoms with Gasteiger partial charge in [0.2, 0.25) is 0 Å². The molecule has 2 aromatic heterocycles. The number of hydrogen-bond donors (Lipinski definition) is 1. The number of carbonyl (C=O) groups excluding carboxylic acids is 1. The first-order chi connectivity index (χ1) is 13.9. The van der Waals surface area contributed by atoms with Crippen molar-refractivity contribution in [1.82, 2.24) is 19.0 Å². The lowest BCUT2D eigenvalue weighted by Crippen LogP contribution is -2.42. The summed E-state index contributed by atoms with van der Waals surface area (Å²) in [6.45, 7) is 0.510. The molecule has 3 aromatic rings. The van der Waals surface area contributed by atoms with Gasteiger partial charge >= 0.3 is 5.69 Å². The van der Waals surface area contributed by atoms with E-state index in [4.69, 9.17) is 0 Å². The van der Waals surface area contributed by atoms with Gasteiger partial charge in [0.1, 0.15) is 5.69 Å². The molecule has 1 aliphatic rings. The number of para-hydroxylation sites is 1. The van der Waals surface area contributed by atoms with Crippen molar-refractivity contribution in [2.24, 2.45) is 20.0 Å². The number of aliphatic hydroxyl groups is 1. The topological polar surface area (TPSA) is 97.4 Å². The molecule has 1 aliphatic heterocycles. The Morgan fingerprint density at radius 3 is 2.69 bits per heavy atom. The molecule has 8 heteroatoms. The van der Waals surface area contributed by atoms with E-state index in [1.807, 2.05) is 30.3 Å². The summed E-state index contributed by atoms with van der Waals surface area (Å²) < 4.78 is 2.12. The molecule has 0 bridgehead atoms. The average molecular weight is 394 g/mol. The van der Waals surface area contributed by atoms with E-state index in [0.717, 1.165) is 21.0 Å². The minimum Gasteiger partial charge on any atom is -0.391 e. The second kappa shape index (κ2) is 7.29. The summed E-state index contributed by atoms with van der Waals surface area (Å²) in [5, 5.41) is 11.6. The van der Waals surface area contributed by atoms with E-state index in [0.29, 0.717) is 13.0 Å². The fourth-order valence-electron chi connectivity index (χ4n) is 3.94. The van der Waals surface area contributed by atoms with Crippen molar-refractivity contribution in [3.8, 4) is 0 Å². The van der Waals surface area contributed by atoms with Crippen molar-refractivity contribution in [3.05, 3.63) is 74.7 Å². The molecule has 0 spiro atoms. The largest absolute Gasteiger partial charge is 0.391 e. The summed E-state index contributed by atoms with van der Waals surface area (Å²) >= 11 is 0. The summed E-state index contributed by atoms with van der Waals surface area (Å²) in [6, 6.07) is 10.9. The van der Waals surface area contributed by atoms with Crippen LogP contribution in [0, 0.1) is 5.92 Å². The van der Waals surface area contributed by atoms with Crippen LogP contribution in [-0.2, 0) is 20.5 Å². The Balaban J connectivity index is 1.58. The summed E-state index contributed by atoms with van der Waals surface area (Å²) in [5.41, 5.74) is 0.896. The molecule has 8 nitrogen and oxygen atoms in total. The van der Waals surface area contributed by atoms with E-state index in [1.165, 1.54) is 29.6 Å². The molecule has 0 radical (unpaired) electrons. The molecule has 1 amide bonds. The number of rotatable bonds is 3. The van der Waals surface area contributed by atoms with Crippen LogP contribution in [0.1, 0.15) is 16.1 Å². The molecule has 0 unspecified atom stereocenters. The maximum atomic E-state index is 12.9. The highest BCUT2D eigenvalue weighted by molar-refractivity contribution is 5.92. The van der Waals surface area contributed by atoms with Crippen molar-refractivity contribution >= 4 is 16.8 Å². The second-order valence-electron chi connectivity index (χ2n) is 7.50. The zero-order chi connectivity index (χ0) is 20.7. The highest BCUT2D eigenvalue weighted by Gasteiger charge is 2.35. The van der Waals surface area contributed by atoms with Crippen LogP contribution in [0.25, 0.3) is 10.9 Å². The smallest absolute Gasteiger partial charge is 0.331 e.